The van der Waals surface area contributed by atoms with Crippen molar-refractivity contribution < 1.29 is 9.13 Å². The molecule has 8 nitrogen and oxygen atoms in total. The van der Waals surface area contributed by atoms with E-state index >= 15 is 0 Å². The zero-order chi connectivity index (χ0) is 23.7. The van der Waals surface area contributed by atoms with Crippen LogP contribution in [0.3, 0.4) is 0 Å². The fourth-order valence-electron chi connectivity index (χ4n) is 4.60. The lowest BCUT2D eigenvalue weighted by molar-refractivity contribution is 0.149. The summed E-state index contributed by atoms with van der Waals surface area (Å²) in [4.78, 5) is 18.6. The van der Waals surface area contributed by atoms with Crippen molar-refractivity contribution >= 4 is 10.9 Å². The van der Waals surface area contributed by atoms with Gasteiger partial charge in [-0.2, -0.15) is 0 Å². The van der Waals surface area contributed by atoms with Crippen LogP contribution in [0.15, 0.2) is 53.3 Å². The van der Waals surface area contributed by atoms with E-state index in [0.29, 0.717) is 35.1 Å². The lowest BCUT2D eigenvalue weighted by Crippen LogP contribution is -2.40. The monoisotopic (exact) mass is 462 g/mol. The Morgan fingerprint density at radius 3 is 2.65 bits per heavy atom. The number of methoxy groups -OCH3 is 1. The number of H-pyrrole nitrogens is 1. The Bertz CT molecular complexity index is 1340. The van der Waals surface area contributed by atoms with Gasteiger partial charge in [0.1, 0.15) is 17.6 Å². The Hall–Kier alpha value is -3.59. The molecule has 1 saturated heterocycles. The summed E-state index contributed by atoms with van der Waals surface area (Å²) in [6, 6.07) is 13.4. The first-order valence-corrected chi connectivity index (χ1v) is 11.5. The van der Waals surface area contributed by atoms with E-state index in [0.717, 1.165) is 36.9 Å². The molecular formula is C25H27FN6O2. The minimum absolute atomic E-state index is 0.180. The zero-order valence-corrected chi connectivity index (χ0v) is 19.2. The van der Waals surface area contributed by atoms with Crippen LogP contribution in [0.25, 0.3) is 10.9 Å². The highest BCUT2D eigenvalue weighted by Crippen LogP contribution is 2.31. The molecule has 1 aliphatic rings. The maximum atomic E-state index is 13.4. The number of nitrogens with one attached hydrogen (secondary N) is 1. The first-order chi connectivity index (χ1) is 16.5. The standard InChI is InChI=1S/C25H27FN6O2/c1-16-9-11-31(12-10-16)23(21-13-18-5-8-20(34-2)14-22(18)27-25(21)33)24-28-29-30-32(24)15-17-3-6-19(26)7-4-17/h3-8,13-14,16,23H,9-12,15H2,1-2H3,(H,27,33)/t23-/m0/s1. The van der Waals surface area contributed by atoms with Gasteiger partial charge < -0.3 is 9.72 Å². The highest BCUT2D eigenvalue weighted by Gasteiger charge is 2.32. The van der Waals surface area contributed by atoms with E-state index in [-0.39, 0.29) is 11.4 Å². The smallest absolute Gasteiger partial charge is 0.253 e. The van der Waals surface area contributed by atoms with Crippen LogP contribution in [0.5, 0.6) is 5.75 Å². The maximum Gasteiger partial charge on any atom is 0.253 e. The Morgan fingerprint density at radius 1 is 1.15 bits per heavy atom. The zero-order valence-electron chi connectivity index (χ0n) is 19.2. The minimum Gasteiger partial charge on any atom is -0.497 e. The summed E-state index contributed by atoms with van der Waals surface area (Å²) in [7, 11) is 1.60. The molecule has 0 radical (unpaired) electrons. The third-order valence-corrected chi connectivity index (χ3v) is 6.61. The van der Waals surface area contributed by atoms with Crippen molar-refractivity contribution in [2.45, 2.75) is 32.4 Å². The number of halogens is 1. The van der Waals surface area contributed by atoms with Crippen LogP contribution in [-0.4, -0.2) is 50.3 Å². The van der Waals surface area contributed by atoms with Crippen molar-refractivity contribution in [2.75, 3.05) is 20.2 Å². The van der Waals surface area contributed by atoms with Gasteiger partial charge in [0.2, 0.25) is 0 Å². The molecule has 34 heavy (non-hydrogen) atoms. The predicted octanol–water partition coefficient (Wildman–Crippen LogP) is 3.53. The second kappa shape index (κ2) is 9.34. The second-order valence-corrected chi connectivity index (χ2v) is 8.95. The van der Waals surface area contributed by atoms with Crippen LogP contribution in [-0.2, 0) is 6.54 Å². The molecule has 3 heterocycles. The van der Waals surface area contributed by atoms with Crippen LogP contribution in [0, 0.1) is 11.7 Å². The van der Waals surface area contributed by atoms with Gasteiger partial charge in [-0.1, -0.05) is 19.1 Å². The highest BCUT2D eigenvalue weighted by atomic mass is 19.1. The lowest BCUT2D eigenvalue weighted by atomic mass is 9.95. The van der Waals surface area contributed by atoms with Crippen molar-refractivity contribution in [1.82, 2.24) is 30.1 Å². The molecule has 5 rings (SSSR count). The molecule has 2 aromatic carbocycles. The van der Waals surface area contributed by atoms with Gasteiger partial charge in [-0.15, -0.1) is 5.10 Å². The van der Waals surface area contributed by atoms with Crippen molar-refractivity contribution in [3.8, 4) is 5.75 Å². The summed E-state index contributed by atoms with van der Waals surface area (Å²) < 4.78 is 20.4. The Kier molecular flexibility index (Phi) is 6.10. The van der Waals surface area contributed by atoms with E-state index in [1.54, 1.807) is 23.9 Å². The van der Waals surface area contributed by atoms with Gasteiger partial charge in [0.05, 0.1) is 19.2 Å². The molecule has 9 heteroatoms. The summed E-state index contributed by atoms with van der Waals surface area (Å²) in [5.74, 6) is 1.62. The van der Waals surface area contributed by atoms with Crippen molar-refractivity contribution in [3.05, 3.63) is 81.7 Å². The number of hydrogen-bond acceptors (Lipinski definition) is 6. The van der Waals surface area contributed by atoms with Crippen molar-refractivity contribution in [3.63, 3.8) is 0 Å². The van der Waals surface area contributed by atoms with Crippen LogP contribution >= 0.6 is 0 Å². The van der Waals surface area contributed by atoms with Gasteiger partial charge in [0.15, 0.2) is 5.82 Å². The number of pyridine rings is 1. The van der Waals surface area contributed by atoms with Gasteiger partial charge in [-0.3, -0.25) is 9.69 Å². The topological polar surface area (TPSA) is 88.9 Å². The average molecular weight is 463 g/mol. The number of rotatable bonds is 6. The molecule has 1 aliphatic heterocycles. The van der Waals surface area contributed by atoms with Crippen LogP contribution in [0.1, 0.15) is 42.8 Å². The summed E-state index contributed by atoms with van der Waals surface area (Å²) in [5, 5.41) is 13.4. The number of piperidine rings is 1. The SMILES string of the molecule is COc1ccc2cc([C@@H](c3nnnn3Cc3ccc(F)cc3)N3CCC(C)CC3)c(=O)[nH]c2c1. The molecule has 1 N–H and O–H groups in total. The second-order valence-electron chi connectivity index (χ2n) is 8.95. The molecule has 1 fully saturated rings. The highest BCUT2D eigenvalue weighted by molar-refractivity contribution is 5.80. The van der Waals surface area contributed by atoms with Crippen LogP contribution in [0.2, 0.25) is 0 Å². The van der Waals surface area contributed by atoms with Crippen LogP contribution in [0.4, 0.5) is 4.39 Å². The van der Waals surface area contributed by atoms with Gasteiger partial charge in [0.25, 0.3) is 5.56 Å². The number of fused-ring (bicyclic) bond motifs is 1. The van der Waals surface area contributed by atoms with Gasteiger partial charge in [-0.25, -0.2) is 9.07 Å². The summed E-state index contributed by atoms with van der Waals surface area (Å²) >= 11 is 0. The molecule has 0 amide bonds. The fraction of sp³-hybridized carbons (Fsp3) is 0.360. The largest absolute Gasteiger partial charge is 0.497 e. The molecule has 1 atom stereocenters. The molecule has 0 saturated carbocycles. The normalized spacial score (nSPS) is 16.1. The number of likely N-dealkylation sites (tertiary alicyclic amines) is 1. The third-order valence-electron chi connectivity index (χ3n) is 6.61. The molecule has 176 valence electrons. The van der Waals surface area contributed by atoms with Crippen molar-refractivity contribution in [1.29, 1.82) is 0 Å². The predicted molar refractivity (Wildman–Crippen MR) is 126 cm³/mol. The molecule has 0 unspecified atom stereocenters. The number of aromatic nitrogens is 5. The average Bonchev–Trinajstić information content (AvgIpc) is 3.29. The lowest BCUT2D eigenvalue weighted by Gasteiger charge is -2.35. The summed E-state index contributed by atoms with van der Waals surface area (Å²) in [6.45, 7) is 4.32. The maximum absolute atomic E-state index is 13.4. The van der Waals surface area contributed by atoms with E-state index in [4.69, 9.17) is 4.74 Å². The summed E-state index contributed by atoms with van der Waals surface area (Å²) in [5.41, 5.74) is 2.01. The van der Waals surface area contributed by atoms with E-state index in [1.165, 1.54) is 12.1 Å². The molecule has 0 spiro atoms. The number of aromatic amines is 1. The molecule has 0 bridgehead atoms. The first kappa shape index (κ1) is 22.2. The number of tetrazole rings is 1. The molecule has 2 aromatic heterocycles. The van der Waals surface area contributed by atoms with E-state index in [9.17, 15) is 9.18 Å². The van der Waals surface area contributed by atoms with E-state index < -0.39 is 6.04 Å². The first-order valence-electron chi connectivity index (χ1n) is 11.5. The van der Waals surface area contributed by atoms with E-state index in [1.807, 2.05) is 24.3 Å². The number of benzene rings is 2. The van der Waals surface area contributed by atoms with E-state index in [2.05, 4.69) is 32.3 Å². The Morgan fingerprint density at radius 2 is 1.91 bits per heavy atom. The summed E-state index contributed by atoms with van der Waals surface area (Å²) in [6.07, 6.45) is 2.08. The Balaban J connectivity index is 1.59. The van der Waals surface area contributed by atoms with Crippen molar-refractivity contribution in [2.24, 2.45) is 5.92 Å². The fourth-order valence-corrected chi connectivity index (χ4v) is 4.60. The number of ether oxygens (including phenoxy) is 1. The molecular weight excluding hydrogens is 435 g/mol. The molecule has 4 aromatic rings. The number of nitrogens with zero attached hydrogens (tertiary/aromatic N) is 5. The quantitative estimate of drug-likeness (QED) is 0.472. The third kappa shape index (κ3) is 4.43. The Labute approximate surface area is 196 Å². The molecule has 0 aliphatic carbocycles. The number of hydrogen-bond donors (Lipinski definition) is 1. The van der Waals surface area contributed by atoms with Gasteiger partial charge in [-0.05, 0) is 83.6 Å². The minimum atomic E-state index is -0.404. The van der Waals surface area contributed by atoms with Gasteiger partial charge in [0, 0.05) is 11.6 Å². The van der Waals surface area contributed by atoms with Crippen LogP contribution < -0.4 is 10.3 Å². The van der Waals surface area contributed by atoms with Gasteiger partial charge >= 0.3 is 0 Å².